The fraction of sp³-hybridized carbons (Fsp3) is 0.421. The van der Waals surface area contributed by atoms with Crippen molar-refractivity contribution in [3.05, 3.63) is 46.6 Å². The van der Waals surface area contributed by atoms with Gasteiger partial charge in [-0.1, -0.05) is 17.7 Å². The first kappa shape index (κ1) is 21.7. The third kappa shape index (κ3) is 4.31. The minimum atomic E-state index is -4.35. The Labute approximate surface area is 174 Å². The normalized spacial score (nSPS) is 19.4. The van der Waals surface area contributed by atoms with Crippen LogP contribution >= 0.6 is 11.6 Å². The highest BCUT2D eigenvalue weighted by atomic mass is 35.5. The molecule has 3 rings (SSSR count). The monoisotopic (exact) mass is 444 g/mol. The Morgan fingerprint density at radius 3 is 2.62 bits per heavy atom. The predicted molar refractivity (Wildman–Crippen MR) is 110 cm³/mol. The summed E-state index contributed by atoms with van der Waals surface area (Å²) in [6.07, 6.45) is 0. The average Bonchev–Trinajstić information content (AvgIpc) is 2.60. The molecule has 1 aliphatic heterocycles. The van der Waals surface area contributed by atoms with E-state index in [0.717, 1.165) is 12.6 Å². The van der Waals surface area contributed by atoms with Gasteiger partial charge < -0.3 is 9.80 Å². The molecule has 0 amide bonds. The highest BCUT2D eigenvalue weighted by molar-refractivity contribution is 7.92. The minimum Gasteiger partial charge on any atom is -0.367 e. The Morgan fingerprint density at radius 1 is 1.34 bits per heavy atom. The van der Waals surface area contributed by atoms with Crippen LogP contribution in [0.25, 0.3) is 0 Å². The van der Waals surface area contributed by atoms with E-state index in [9.17, 15) is 12.8 Å². The minimum absolute atomic E-state index is 0.144. The van der Waals surface area contributed by atoms with Gasteiger partial charge in [-0.15, -0.1) is 0 Å². The summed E-state index contributed by atoms with van der Waals surface area (Å²) in [7, 11) is -0.364. The first-order valence-corrected chi connectivity index (χ1v) is 10.9. The highest BCUT2D eigenvalue weighted by Gasteiger charge is 2.38. The molecule has 0 saturated carbocycles. The zero-order valence-corrected chi connectivity index (χ0v) is 18.2. The zero-order valence-electron chi connectivity index (χ0n) is 16.6. The second kappa shape index (κ2) is 8.04. The summed E-state index contributed by atoms with van der Waals surface area (Å²) in [5, 5.41) is -0.252. The first-order valence-electron chi connectivity index (χ1n) is 9.06. The third-order valence-electron chi connectivity index (χ3n) is 5.07. The molecule has 1 aromatic heterocycles. The molecule has 0 unspecified atom stereocenters. The fourth-order valence-electron chi connectivity index (χ4n) is 3.60. The summed E-state index contributed by atoms with van der Waals surface area (Å²) in [5.41, 5.74) is 0.668. The smallest absolute Gasteiger partial charge is 0.266 e. The third-order valence-corrected chi connectivity index (χ3v) is 6.94. The molecule has 158 valence electrons. The molecular weight excluding hydrogens is 422 g/mol. The number of nitrogens with one attached hydrogen (secondary N) is 1. The van der Waals surface area contributed by atoms with E-state index in [1.54, 1.807) is 6.07 Å². The van der Waals surface area contributed by atoms with E-state index in [4.69, 9.17) is 11.6 Å². The second-order valence-corrected chi connectivity index (χ2v) is 9.53. The van der Waals surface area contributed by atoms with Gasteiger partial charge >= 0.3 is 0 Å². The van der Waals surface area contributed by atoms with Crippen molar-refractivity contribution in [2.45, 2.75) is 24.8 Å². The van der Waals surface area contributed by atoms with Crippen LogP contribution in [0.15, 0.2) is 29.2 Å². The molecule has 1 saturated heterocycles. The lowest BCUT2D eigenvalue weighted by molar-refractivity contribution is 0.231. The Hall–Kier alpha value is -1.97. The number of aromatic nitrogens is 1. The van der Waals surface area contributed by atoms with Crippen LogP contribution in [0.5, 0.6) is 0 Å². The number of nitrogens with zero attached hydrogens (tertiary/aromatic N) is 3. The van der Waals surface area contributed by atoms with Crippen LogP contribution in [0, 0.1) is 24.6 Å². The summed E-state index contributed by atoms with van der Waals surface area (Å²) in [6, 6.07) is 5.37. The van der Waals surface area contributed by atoms with Crippen LogP contribution in [0.2, 0.25) is 5.02 Å². The van der Waals surface area contributed by atoms with Crippen molar-refractivity contribution in [1.82, 2.24) is 9.88 Å². The van der Waals surface area contributed by atoms with Gasteiger partial charge in [0.1, 0.15) is 15.7 Å². The van der Waals surface area contributed by atoms with Gasteiger partial charge in [0.05, 0.1) is 5.69 Å². The van der Waals surface area contributed by atoms with Gasteiger partial charge in [-0.25, -0.2) is 17.8 Å². The van der Waals surface area contributed by atoms with Crippen molar-refractivity contribution in [2.24, 2.45) is 5.92 Å². The molecule has 0 spiro atoms. The molecule has 2 aromatic rings. The number of anilines is 2. The molecule has 1 aliphatic rings. The van der Waals surface area contributed by atoms with E-state index >= 15 is 4.39 Å². The van der Waals surface area contributed by atoms with Crippen LogP contribution in [0.1, 0.15) is 12.5 Å². The van der Waals surface area contributed by atoms with Crippen molar-refractivity contribution < 1.29 is 17.2 Å². The van der Waals surface area contributed by atoms with Gasteiger partial charge in [0.15, 0.2) is 5.82 Å². The largest absolute Gasteiger partial charge is 0.367 e. The molecule has 0 aliphatic carbocycles. The van der Waals surface area contributed by atoms with Crippen molar-refractivity contribution in [2.75, 3.05) is 36.8 Å². The standard InChI is InChI=1S/C19H23ClF2N4O2S/c1-11-8-14(26-10-13(12(26)2)9-25(3)4)17(20)18(22)19(11)29(27,28)24-16-7-5-6-15(21)23-16/h5-8,12-13H,9-10H2,1-4H3,(H,23,24)/t12-,13+/m0/s1. The zero-order chi connectivity index (χ0) is 21.5. The maximum Gasteiger partial charge on any atom is 0.266 e. The number of benzene rings is 1. The maximum atomic E-state index is 15.1. The Bertz CT molecular complexity index is 1030. The topological polar surface area (TPSA) is 65.5 Å². The van der Waals surface area contributed by atoms with Gasteiger partial charge in [0.2, 0.25) is 5.95 Å². The summed E-state index contributed by atoms with van der Waals surface area (Å²) >= 11 is 6.24. The number of hydrogen-bond donors (Lipinski definition) is 1. The van der Waals surface area contributed by atoms with E-state index in [-0.39, 0.29) is 22.4 Å². The predicted octanol–water partition coefficient (Wildman–Crippen LogP) is 3.51. The highest BCUT2D eigenvalue weighted by Crippen LogP contribution is 2.40. The lowest BCUT2D eigenvalue weighted by atomic mass is 9.88. The Balaban J connectivity index is 1.92. The molecule has 10 heteroatoms. The number of rotatable bonds is 6. The molecule has 29 heavy (non-hydrogen) atoms. The SMILES string of the molecule is Cc1cc(N2C[C@@H](CN(C)C)[C@@H]2C)c(Cl)c(F)c1S(=O)(=O)Nc1cccc(F)n1. The Morgan fingerprint density at radius 2 is 2.03 bits per heavy atom. The van der Waals surface area contributed by atoms with E-state index in [1.165, 1.54) is 19.1 Å². The summed E-state index contributed by atoms with van der Waals surface area (Å²) in [4.78, 5) is 6.93. The molecule has 1 fully saturated rings. The van der Waals surface area contributed by atoms with Crippen LogP contribution in [0.3, 0.4) is 0 Å². The molecule has 2 heterocycles. The number of pyridine rings is 1. The van der Waals surface area contributed by atoms with Gasteiger partial charge in [-0.2, -0.15) is 4.39 Å². The van der Waals surface area contributed by atoms with E-state index in [1.807, 2.05) is 25.9 Å². The van der Waals surface area contributed by atoms with Gasteiger partial charge in [0.25, 0.3) is 10.0 Å². The summed E-state index contributed by atoms with van der Waals surface area (Å²) < 4.78 is 55.9. The number of sulfonamides is 1. The van der Waals surface area contributed by atoms with Gasteiger partial charge in [-0.05, 0) is 51.7 Å². The quantitative estimate of drug-likeness (QED) is 0.691. The first-order chi connectivity index (χ1) is 13.5. The maximum absolute atomic E-state index is 15.1. The molecule has 2 atom stereocenters. The summed E-state index contributed by atoms with van der Waals surface area (Å²) in [6.45, 7) is 5.13. The Kier molecular flexibility index (Phi) is 6.03. The van der Waals surface area contributed by atoms with Crippen LogP contribution < -0.4 is 9.62 Å². The molecular formula is C19H23ClF2N4O2S. The van der Waals surface area contributed by atoms with Crippen molar-refractivity contribution in [3.8, 4) is 0 Å². The van der Waals surface area contributed by atoms with Crippen molar-refractivity contribution >= 4 is 33.1 Å². The van der Waals surface area contributed by atoms with E-state index < -0.39 is 26.7 Å². The number of halogens is 3. The molecule has 1 N–H and O–H groups in total. The molecule has 6 nitrogen and oxygen atoms in total. The van der Waals surface area contributed by atoms with Crippen LogP contribution in [-0.2, 0) is 10.0 Å². The van der Waals surface area contributed by atoms with Gasteiger partial charge in [0, 0.05) is 25.0 Å². The average molecular weight is 445 g/mol. The number of aryl methyl sites for hydroxylation is 1. The summed E-state index contributed by atoms with van der Waals surface area (Å²) in [5.74, 6) is -1.72. The molecule has 0 bridgehead atoms. The van der Waals surface area contributed by atoms with E-state index in [0.29, 0.717) is 18.2 Å². The second-order valence-electron chi connectivity index (χ2n) is 7.54. The van der Waals surface area contributed by atoms with Crippen molar-refractivity contribution in [1.29, 1.82) is 0 Å². The van der Waals surface area contributed by atoms with Gasteiger partial charge in [-0.3, -0.25) is 4.72 Å². The lowest BCUT2D eigenvalue weighted by Gasteiger charge is -2.49. The van der Waals surface area contributed by atoms with Crippen LogP contribution in [-0.4, -0.2) is 51.5 Å². The fourth-order valence-corrected chi connectivity index (χ4v) is 5.22. The lowest BCUT2D eigenvalue weighted by Crippen LogP contribution is -2.58. The van der Waals surface area contributed by atoms with Crippen LogP contribution in [0.4, 0.5) is 20.3 Å². The molecule has 0 radical (unpaired) electrons. The number of hydrogen-bond acceptors (Lipinski definition) is 5. The van der Waals surface area contributed by atoms with Crippen molar-refractivity contribution in [3.63, 3.8) is 0 Å². The van der Waals surface area contributed by atoms with E-state index in [2.05, 4.69) is 14.6 Å². The molecule has 1 aromatic carbocycles.